The third kappa shape index (κ3) is 5.62. The van der Waals surface area contributed by atoms with Crippen LogP contribution in [0.4, 0.5) is 4.79 Å². The quantitative estimate of drug-likeness (QED) is 0.608. The molecule has 1 atom stereocenters. The molecular weight excluding hydrogens is 368 g/mol. The summed E-state index contributed by atoms with van der Waals surface area (Å²) in [5.41, 5.74) is 2.73. The number of hydrogen-bond donors (Lipinski definition) is 2. The third-order valence-corrected chi connectivity index (χ3v) is 4.81. The molecule has 2 aromatic rings. The Morgan fingerprint density at radius 2 is 2.21 bits per heavy atom. The Morgan fingerprint density at radius 3 is 2.90 bits per heavy atom. The predicted molar refractivity (Wildman–Crippen MR) is 114 cm³/mol. The highest BCUT2D eigenvalue weighted by Crippen LogP contribution is 2.13. The van der Waals surface area contributed by atoms with Crippen molar-refractivity contribution in [3.8, 4) is 0 Å². The van der Waals surface area contributed by atoms with Crippen LogP contribution in [0.15, 0.2) is 29.5 Å². The van der Waals surface area contributed by atoms with Gasteiger partial charge in [-0.2, -0.15) is 0 Å². The van der Waals surface area contributed by atoms with Crippen LogP contribution in [0, 0.1) is 6.92 Å². The van der Waals surface area contributed by atoms with Crippen LogP contribution >= 0.6 is 0 Å². The molecule has 1 aliphatic heterocycles. The van der Waals surface area contributed by atoms with Crippen molar-refractivity contribution in [3.05, 3.63) is 35.8 Å². The first kappa shape index (κ1) is 21.0. The summed E-state index contributed by atoms with van der Waals surface area (Å²) in [5.74, 6) is 0.846. The molecule has 0 radical (unpaired) electrons. The number of imidazole rings is 1. The van der Waals surface area contributed by atoms with E-state index < -0.39 is 5.60 Å². The molecule has 0 saturated carbocycles. The van der Waals surface area contributed by atoms with Crippen molar-refractivity contribution in [2.24, 2.45) is 4.99 Å². The molecule has 0 spiro atoms. The van der Waals surface area contributed by atoms with Gasteiger partial charge in [0.1, 0.15) is 11.2 Å². The van der Waals surface area contributed by atoms with Crippen LogP contribution in [0.25, 0.3) is 5.65 Å². The number of aliphatic imine (C=N–C) groups is 1. The summed E-state index contributed by atoms with van der Waals surface area (Å²) in [7, 11) is 1.78. The lowest BCUT2D eigenvalue weighted by atomic mass is 10.2. The number of alkyl carbamates (subject to hydrolysis) is 1. The van der Waals surface area contributed by atoms with Crippen molar-refractivity contribution in [3.63, 3.8) is 0 Å². The van der Waals surface area contributed by atoms with Crippen LogP contribution in [-0.2, 0) is 11.2 Å². The molecule has 0 aliphatic carbocycles. The van der Waals surface area contributed by atoms with Crippen molar-refractivity contribution in [2.75, 3.05) is 26.7 Å². The van der Waals surface area contributed by atoms with E-state index in [0.29, 0.717) is 6.54 Å². The summed E-state index contributed by atoms with van der Waals surface area (Å²) in [6.07, 6.45) is 5.41. The number of rotatable bonds is 4. The van der Waals surface area contributed by atoms with E-state index >= 15 is 0 Å². The maximum Gasteiger partial charge on any atom is 0.407 e. The molecule has 1 unspecified atom stereocenters. The SMILES string of the molecule is CN=C(NCCc1cn2cccc(C)c2n1)N1CCC(NC(=O)OC(C)(C)C)C1. The number of likely N-dealkylation sites (tertiary alicyclic amines) is 1. The van der Waals surface area contributed by atoms with Gasteiger partial charge in [0.15, 0.2) is 5.96 Å². The summed E-state index contributed by atoms with van der Waals surface area (Å²) in [4.78, 5) is 23.3. The number of nitrogens with zero attached hydrogens (tertiary/aromatic N) is 4. The maximum atomic E-state index is 12.0. The molecule has 2 aromatic heterocycles. The second-order valence-corrected chi connectivity index (χ2v) is 8.46. The number of carbonyl (C=O) groups is 1. The maximum absolute atomic E-state index is 12.0. The zero-order valence-electron chi connectivity index (χ0n) is 18.0. The van der Waals surface area contributed by atoms with Gasteiger partial charge in [0.25, 0.3) is 0 Å². The first-order valence-electron chi connectivity index (χ1n) is 10.1. The smallest absolute Gasteiger partial charge is 0.407 e. The molecule has 0 bridgehead atoms. The van der Waals surface area contributed by atoms with Gasteiger partial charge in [0.2, 0.25) is 0 Å². The van der Waals surface area contributed by atoms with Crippen LogP contribution in [0.5, 0.6) is 0 Å². The van der Waals surface area contributed by atoms with Crippen molar-refractivity contribution in [1.29, 1.82) is 0 Å². The Labute approximate surface area is 172 Å². The zero-order chi connectivity index (χ0) is 21.0. The number of aryl methyl sites for hydroxylation is 1. The van der Waals surface area contributed by atoms with E-state index in [0.717, 1.165) is 43.2 Å². The van der Waals surface area contributed by atoms with E-state index in [1.807, 2.05) is 33.0 Å². The zero-order valence-corrected chi connectivity index (χ0v) is 18.0. The normalized spacial score (nSPS) is 17.6. The Kier molecular flexibility index (Phi) is 6.30. The highest BCUT2D eigenvalue weighted by atomic mass is 16.6. The number of fused-ring (bicyclic) bond motifs is 1. The van der Waals surface area contributed by atoms with Crippen molar-refractivity contribution < 1.29 is 9.53 Å². The average molecular weight is 401 g/mol. The van der Waals surface area contributed by atoms with E-state index in [1.165, 1.54) is 5.56 Å². The third-order valence-electron chi connectivity index (χ3n) is 4.81. The molecule has 158 valence electrons. The van der Waals surface area contributed by atoms with Gasteiger partial charge < -0.3 is 24.7 Å². The number of nitrogens with one attached hydrogen (secondary N) is 2. The summed E-state index contributed by atoms with van der Waals surface area (Å²) in [6, 6.07) is 4.16. The highest BCUT2D eigenvalue weighted by molar-refractivity contribution is 5.80. The first-order chi connectivity index (χ1) is 13.7. The van der Waals surface area contributed by atoms with Gasteiger partial charge in [-0.15, -0.1) is 0 Å². The minimum absolute atomic E-state index is 0.0600. The standard InChI is InChI=1S/C21H32N6O2/c1-15-7-6-11-26-13-16(24-18(15)26)8-10-23-19(22-5)27-12-9-17(14-27)25-20(28)29-21(2,3)4/h6-7,11,13,17H,8-10,12,14H2,1-5H3,(H,22,23)(H,25,28). The number of aromatic nitrogens is 2. The van der Waals surface area contributed by atoms with Gasteiger partial charge in [-0.25, -0.2) is 9.78 Å². The van der Waals surface area contributed by atoms with Crippen molar-refractivity contribution in [2.45, 2.75) is 52.2 Å². The Morgan fingerprint density at radius 1 is 1.41 bits per heavy atom. The summed E-state index contributed by atoms with van der Waals surface area (Å²) in [6.45, 7) is 9.97. The van der Waals surface area contributed by atoms with E-state index in [-0.39, 0.29) is 12.1 Å². The van der Waals surface area contributed by atoms with Crippen molar-refractivity contribution >= 4 is 17.7 Å². The molecule has 1 fully saturated rings. The number of guanidine groups is 1. The minimum atomic E-state index is -0.490. The number of amides is 1. The summed E-state index contributed by atoms with van der Waals surface area (Å²) >= 11 is 0. The van der Waals surface area contributed by atoms with Crippen LogP contribution in [0.3, 0.4) is 0 Å². The lowest BCUT2D eigenvalue weighted by Gasteiger charge is -2.23. The fourth-order valence-electron chi connectivity index (χ4n) is 3.50. The van der Waals surface area contributed by atoms with Gasteiger partial charge in [-0.3, -0.25) is 4.99 Å². The van der Waals surface area contributed by atoms with E-state index in [1.54, 1.807) is 7.05 Å². The van der Waals surface area contributed by atoms with Gasteiger partial charge in [0, 0.05) is 45.5 Å². The fraction of sp³-hybridized carbons (Fsp3) is 0.571. The van der Waals surface area contributed by atoms with E-state index in [4.69, 9.17) is 9.72 Å². The number of pyridine rings is 1. The molecule has 2 N–H and O–H groups in total. The molecule has 1 aliphatic rings. The first-order valence-corrected chi connectivity index (χ1v) is 10.1. The monoisotopic (exact) mass is 400 g/mol. The van der Waals surface area contributed by atoms with Gasteiger partial charge >= 0.3 is 6.09 Å². The van der Waals surface area contributed by atoms with Crippen LogP contribution in [0.2, 0.25) is 0 Å². The topological polar surface area (TPSA) is 83.3 Å². The average Bonchev–Trinajstić information content (AvgIpc) is 3.24. The number of ether oxygens (including phenoxy) is 1. The summed E-state index contributed by atoms with van der Waals surface area (Å²) < 4.78 is 7.41. The number of carbonyl (C=O) groups excluding carboxylic acids is 1. The second-order valence-electron chi connectivity index (χ2n) is 8.46. The number of hydrogen-bond acceptors (Lipinski definition) is 4. The molecule has 3 rings (SSSR count). The van der Waals surface area contributed by atoms with Gasteiger partial charge in [0.05, 0.1) is 11.7 Å². The highest BCUT2D eigenvalue weighted by Gasteiger charge is 2.27. The van der Waals surface area contributed by atoms with E-state index in [2.05, 4.69) is 44.1 Å². The van der Waals surface area contributed by atoms with Gasteiger partial charge in [-0.1, -0.05) is 6.07 Å². The lowest BCUT2D eigenvalue weighted by molar-refractivity contribution is 0.0507. The molecule has 8 nitrogen and oxygen atoms in total. The molecule has 8 heteroatoms. The van der Waals surface area contributed by atoms with Crippen LogP contribution < -0.4 is 10.6 Å². The summed E-state index contributed by atoms with van der Waals surface area (Å²) in [5, 5.41) is 6.36. The van der Waals surface area contributed by atoms with E-state index in [9.17, 15) is 4.79 Å². The minimum Gasteiger partial charge on any atom is -0.444 e. The lowest BCUT2D eigenvalue weighted by Crippen LogP contribution is -2.44. The Balaban J connectivity index is 1.48. The fourth-order valence-corrected chi connectivity index (χ4v) is 3.50. The second kappa shape index (κ2) is 8.71. The predicted octanol–water partition coefficient (Wildman–Crippen LogP) is 2.36. The van der Waals surface area contributed by atoms with Crippen LogP contribution in [0.1, 0.15) is 38.4 Å². The van der Waals surface area contributed by atoms with Gasteiger partial charge in [-0.05, 0) is 45.7 Å². The molecular formula is C21H32N6O2. The Hall–Kier alpha value is -2.77. The Bertz CT molecular complexity index is 883. The van der Waals surface area contributed by atoms with Crippen molar-refractivity contribution in [1.82, 2.24) is 24.9 Å². The molecule has 1 saturated heterocycles. The molecule has 29 heavy (non-hydrogen) atoms. The molecule has 0 aromatic carbocycles. The molecule has 3 heterocycles. The van der Waals surface area contributed by atoms with Crippen LogP contribution in [-0.4, -0.2) is 64.7 Å². The largest absolute Gasteiger partial charge is 0.444 e. The molecule has 1 amide bonds.